The SMILES string of the molecule is CC(C)N(CCC(=O)c1ccccc1Br)CC(F)(F)F. The predicted octanol–water partition coefficient (Wildman–Crippen LogP) is 4.29. The van der Waals surface area contributed by atoms with Crippen LogP contribution in [0.3, 0.4) is 0 Å². The third kappa shape index (κ3) is 5.63. The zero-order valence-corrected chi connectivity index (χ0v) is 13.0. The van der Waals surface area contributed by atoms with Crippen LogP contribution in [0, 0.1) is 0 Å². The molecule has 0 spiro atoms. The summed E-state index contributed by atoms with van der Waals surface area (Å²) in [5.41, 5.74) is 0.503. The Balaban J connectivity index is 2.64. The van der Waals surface area contributed by atoms with Gasteiger partial charge in [-0.05, 0) is 19.9 Å². The van der Waals surface area contributed by atoms with Crippen molar-refractivity contribution in [1.82, 2.24) is 4.90 Å². The summed E-state index contributed by atoms with van der Waals surface area (Å²) in [6.07, 6.45) is -4.18. The molecule has 0 amide bonds. The highest BCUT2D eigenvalue weighted by atomic mass is 79.9. The second-order valence-corrected chi connectivity index (χ2v) is 5.69. The lowest BCUT2D eigenvalue weighted by Crippen LogP contribution is -2.40. The molecular weight excluding hydrogens is 335 g/mol. The Bertz CT molecular complexity index is 460. The van der Waals surface area contributed by atoms with Crippen molar-refractivity contribution in [1.29, 1.82) is 0 Å². The van der Waals surface area contributed by atoms with Crippen molar-refractivity contribution in [3.8, 4) is 0 Å². The van der Waals surface area contributed by atoms with Gasteiger partial charge in [0.25, 0.3) is 0 Å². The molecule has 0 aliphatic heterocycles. The van der Waals surface area contributed by atoms with Gasteiger partial charge in [-0.1, -0.05) is 34.1 Å². The fourth-order valence-electron chi connectivity index (χ4n) is 1.82. The Morgan fingerprint density at radius 1 is 1.30 bits per heavy atom. The molecule has 0 aromatic heterocycles. The van der Waals surface area contributed by atoms with Crippen molar-refractivity contribution in [2.45, 2.75) is 32.5 Å². The largest absolute Gasteiger partial charge is 0.401 e. The number of Topliss-reactive ketones (excluding diaryl/α,β-unsaturated/α-hetero) is 1. The summed E-state index contributed by atoms with van der Waals surface area (Å²) in [7, 11) is 0. The lowest BCUT2D eigenvalue weighted by atomic mass is 10.1. The molecule has 0 aliphatic carbocycles. The van der Waals surface area contributed by atoms with Gasteiger partial charge in [-0.3, -0.25) is 9.69 Å². The highest BCUT2D eigenvalue weighted by Crippen LogP contribution is 2.20. The molecule has 0 unspecified atom stereocenters. The van der Waals surface area contributed by atoms with Crippen LogP contribution in [-0.2, 0) is 0 Å². The van der Waals surface area contributed by atoms with E-state index in [1.54, 1.807) is 38.1 Å². The molecule has 1 aromatic rings. The number of benzene rings is 1. The van der Waals surface area contributed by atoms with Gasteiger partial charge < -0.3 is 0 Å². The van der Waals surface area contributed by atoms with Crippen LogP contribution in [0.25, 0.3) is 0 Å². The average molecular weight is 352 g/mol. The summed E-state index contributed by atoms with van der Waals surface area (Å²) < 4.78 is 38.0. The first-order valence-corrected chi connectivity index (χ1v) is 7.08. The van der Waals surface area contributed by atoms with Gasteiger partial charge in [0.2, 0.25) is 0 Å². The van der Waals surface area contributed by atoms with E-state index in [1.807, 2.05) is 0 Å². The first-order valence-electron chi connectivity index (χ1n) is 6.29. The Labute approximate surface area is 125 Å². The molecule has 1 aromatic carbocycles. The van der Waals surface area contributed by atoms with Crippen LogP contribution in [0.2, 0.25) is 0 Å². The van der Waals surface area contributed by atoms with Crippen molar-refractivity contribution < 1.29 is 18.0 Å². The molecule has 0 heterocycles. The van der Waals surface area contributed by atoms with Gasteiger partial charge in [-0.2, -0.15) is 13.2 Å². The maximum atomic E-state index is 12.4. The van der Waals surface area contributed by atoms with Gasteiger partial charge in [0.05, 0.1) is 6.54 Å². The van der Waals surface area contributed by atoms with Gasteiger partial charge in [0.1, 0.15) is 0 Å². The number of carbonyl (C=O) groups excluding carboxylic acids is 1. The van der Waals surface area contributed by atoms with Crippen molar-refractivity contribution in [3.05, 3.63) is 34.3 Å². The predicted molar refractivity (Wildman–Crippen MR) is 75.9 cm³/mol. The number of hydrogen-bond acceptors (Lipinski definition) is 2. The Hall–Kier alpha value is -0.880. The molecule has 6 heteroatoms. The highest BCUT2D eigenvalue weighted by Gasteiger charge is 2.31. The minimum absolute atomic E-state index is 0.0663. The molecule has 112 valence electrons. The van der Waals surface area contributed by atoms with Crippen LogP contribution in [0.1, 0.15) is 30.6 Å². The van der Waals surface area contributed by atoms with Gasteiger partial charge in [-0.15, -0.1) is 0 Å². The molecule has 0 atom stereocenters. The topological polar surface area (TPSA) is 20.3 Å². The van der Waals surface area contributed by atoms with Gasteiger partial charge in [0.15, 0.2) is 5.78 Å². The fourth-order valence-corrected chi connectivity index (χ4v) is 2.32. The van der Waals surface area contributed by atoms with Crippen molar-refractivity contribution in [2.24, 2.45) is 0 Å². The zero-order chi connectivity index (χ0) is 15.3. The molecule has 0 bridgehead atoms. The molecule has 0 aliphatic rings. The first kappa shape index (κ1) is 17.2. The number of carbonyl (C=O) groups is 1. The summed E-state index contributed by atoms with van der Waals surface area (Å²) in [6, 6.07) is 6.65. The van der Waals surface area contributed by atoms with E-state index in [0.29, 0.717) is 10.0 Å². The summed E-state index contributed by atoms with van der Waals surface area (Å²) in [4.78, 5) is 13.3. The van der Waals surface area contributed by atoms with Crippen molar-refractivity contribution >= 4 is 21.7 Å². The van der Waals surface area contributed by atoms with Crippen LogP contribution in [-0.4, -0.2) is 36.0 Å². The Kier molecular flexibility index (Phi) is 6.20. The van der Waals surface area contributed by atoms with Crippen molar-refractivity contribution in [3.63, 3.8) is 0 Å². The summed E-state index contributed by atoms with van der Waals surface area (Å²) >= 11 is 3.27. The van der Waals surface area contributed by atoms with Crippen LogP contribution >= 0.6 is 15.9 Å². The summed E-state index contributed by atoms with van der Waals surface area (Å²) in [5.74, 6) is -0.162. The smallest absolute Gasteiger partial charge is 0.294 e. The third-order valence-electron chi connectivity index (χ3n) is 2.91. The monoisotopic (exact) mass is 351 g/mol. The minimum atomic E-state index is -4.25. The van der Waals surface area contributed by atoms with E-state index in [2.05, 4.69) is 15.9 Å². The fraction of sp³-hybridized carbons (Fsp3) is 0.500. The van der Waals surface area contributed by atoms with Gasteiger partial charge in [0, 0.05) is 29.0 Å². The Morgan fingerprint density at radius 2 is 1.90 bits per heavy atom. The molecule has 0 radical (unpaired) electrons. The van der Waals surface area contributed by atoms with E-state index in [0.717, 1.165) is 0 Å². The molecule has 2 nitrogen and oxygen atoms in total. The van der Waals surface area contributed by atoms with E-state index < -0.39 is 12.7 Å². The quantitative estimate of drug-likeness (QED) is 0.712. The number of nitrogens with zero attached hydrogens (tertiary/aromatic N) is 1. The molecular formula is C14H17BrF3NO. The third-order valence-corrected chi connectivity index (χ3v) is 3.60. The first-order chi connectivity index (χ1) is 9.20. The minimum Gasteiger partial charge on any atom is -0.294 e. The molecule has 1 rings (SSSR count). The summed E-state index contributed by atoms with van der Waals surface area (Å²) in [6.45, 7) is 2.48. The number of hydrogen-bond donors (Lipinski definition) is 0. The number of rotatable bonds is 6. The average Bonchev–Trinajstić information content (AvgIpc) is 2.33. The van der Waals surface area contributed by atoms with Crippen LogP contribution in [0.15, 0.2) is 28.7 Å². The van der Waals surface area contributed by atoms with Gasteiger partial charge >= 0.3 is 6.18 Å². The molecule has 0 saturated carbocycles. The van der Waals surface area contributed by atoms with E-state index in [-0.39, 0.29) is 24.8 Å². The van der Waals surface area contributed by atoms with E-state index in [1.165, 1.54) is 4.90 Å². The molecule has 0 fully saturated rings. The molecule has 0 N–H and O–H groups in total. The lowest BCUT2D eigenvalue weighted by Gasteiger charge is -2.27. The van der Waals surface area contributed by atoms with E-state index in [9.17, 15) is 18.0 Å². The van der Waals surface area contributed by atoms with Gasteiger partial charge in [-0.25, -0.2) is 0 Å². The number of ketones is 1. The van der Waals surface area contributed by atoms with Crippen LogP contribution in [0.4, 0.5) is 13.2 Å². The number of halogens is 4. The standard InChI is InChI=1S/C14H17BrF3NO/c1-10(2)19(9-14(16,17)18)8-7-13(20)11-5-3-4-6-12(11)15/h3-6,10H,7-9H2,1-2H3. The van der Waals surface area contributed by atoms with E-state index >= 15 is 0 Å². The lowest BCUT2D eigenvalue weighted by molar-refractivity contribution is -0.149. The van der Waals surface area contributed by atoms with Crippen LogP contribution in [0.5, 0.6) is 0 Å². The molecule has 20 heavy (non-hydrogen) atoms. The summed E-state index contributed by atoms with van der Waals surface area (Å²) in [5, 5.41) is 0. The second-order valence-electron chi connectivity index (χ2n) is 4.83. The normalized spacial score (nSPS) is 12.2. The number of alkyl halides is 3. The second kappa shape index (κ2) is 7.22. The maximum Gasteiger partial charge on any atom is 0.401 e. The highest BCUT2D eigenvalue weighted by molar-refractivity contribution is 9.10. The Morgan fingerprint density at radius 3 is 2.40 bits per heavy atom. The maximum absolute atomic E-state index is 12.4. The van der Waals surface area contributed by atoms with Crippen LogP contribution < -0.4 is 0 Å². The van der Waals surface area contributed by atoms with E-state index in [4.69, 9.17) is 0 Å². The molecule has 0 saturated heterocycles. The zero-order valence-electron chi connectivity index (χ0n) is 11.4. The van der Waals surface area contributed by atoms with Crippen molar-refractivity contribution in [2.75, 3.05) is 13.1 Å².